The molecular formula is C20H28F3N3O4S. The molecule has 3 heterocycles. The van der Waals surface area contributed by atoms with Crippen molar-refractivity contribution < 1.29 is 31.5 Å². The lowest BCUT2D eigenvalue weighted by molar-refractivity contribution is -0.192. The van der Waals surface area contributed by atoms with E-state index >= 15 is 0 Å². The zero-order chi connectivity index (χ0) is 22.7. The number of rotatable bonds is 4. The van der Waals surface area contributed by atoms with Crippen LogP contribution in [0.3, 0.4) is 0 Å². The van der Waals surface area contributed by atoms with E-state index in [2.05, 4.69) is 16.0 Å². The highest BCUT2D eigenvalue weighted by atomic mass is 32.2. The fourth-order valence-electron chi connectivity index (χ4n) is 4.20. The van der Waals surface area contributed by atoms with Crippen LogP contribution in [0.4, 0.5) is 13.2 Å². The zero-order valence-corrected chi connectivity index (χ0v) is 18.0. The predicted octanol–water partition coefficient (Wildman–Crippen LogP) is 2.89. The van der Waals surface area contributed by atoms with Gasteiger partial charge < -0.3 is 5.11 Å². The molecular weight excluding hydrogens is 435 g/mol. The van der Waals surface area contributed by atoms with E-state index in [1.807, 2.05) is 18.3 Å². The van der Waals surface area contributed by atoms with E-state index in [9.17, 15) is 21.6 Å². The largest absolute Gasteiger partial charge is 0.490 e. The summed E-state index contributed by atoms with van der Waals surface area (Å²) in [6.07, 6.45) is 2.97. The normalized spacial score (nSPS) is 22.5. The number of alkyl halides is 3. The number of aliphatic carboxylic acids is 1. The van der Waals surface area contributed by atoms with Crippen LogP contribution in [0, 0.1) is 5.41 Å². The minimum absolute atomic E-state index is 0.0632. The van der Waals surface area contributed by atoms with E-state index in [0.29, 0.717) is 5.41 Å². The molecule has 3 fully saturated rings. The third kappa shape index (κ3) is 6.39. The first-order valence-corrected chi connectivity index (χ1v) is 11.9. The molecule has 174 valence electrons. The van der Waals surface area contributed by atoms with Gasteiger partial charge in [0, 0.05) is 25.8 Å². The fraction of sp³-hybridized carbons (Fsp3) is 0.700. The minimum atomic E-state index is -5.08. The van der Waals surface area contributed by atoms with Crippen molar-refractivity contribution in [3.63, 3.8) is 0 Å². The zero-order valence-electron chi connectivity index (χ0n) is 17.2. The Kier molecular flexibility index (Phi) is 7.27. The number of piperidine rings is 2. The van der Waals surface area contributed by atoms with Crippen molar-refractivity contribution in [1.29, 1.82) is 0 Å². The SMILES string of the molecule is O=C(O)C(F)(F)F.O=S(=O)(C1CC1)N1CCC2(CCN(Cc3ccccn3)CC2)CC1. The molecule has 1 aromatic heterocycles. The number of carboxylic acid groups (broad SMARTS) is 1. The summed E-state index contributed by atoms with van der Waals surface area (Å²) in [6, 6.07) is 6.09. The lowest BCUT2D eigenvalue weighted by Crippen LogP contribution is -2.48. The molecule has 0 amide bonds. The van der Waals surface area contributed by atoms with Gasteiger partial charge in [0.1, 0.15) is 0 Å². The standard InChI is InChI=1S/C18H27N3O2S.C2HF3O2/c22-24(23,17-4-5-17)21-13-8-18(9-14-21)6-11-20(12-7-18)15-16-3-1-2-10-19-16;3-2(4,5)1(6)7/h1-3,10,17H,4-9,11-15H2;(H,6,7). The summed E-state index contributed by atoms with van der Waals surface area (Å²) in [5.74, 6) is -2.76. The van der Waals surface area contributed by atoms with Gasteiger partial charge in [0.25, 0.3) is 0 Å². The third-order valence-electron chi connectivity index (χ3n) is 6.36. The molecule has 1 N–H and O–H groups in total. The van der Waals surface area contributed by atoms with Crippen LogP contribution in [0.15, 0.2) is 24.4 Å². The van der Waals surface area contributed by atoms with Crippen LogP contribution in [0.1, 0.15) is 44.2 Å². The van der Waals surface area contributed by atoms with Crippen molar-refractivity contribution in [3.8, 4) is 0 Å². The van der Waals surface area contributed by atoms with Gasteiger partial charge in [0.2, 0.25) is 10.0 Å². The second-order valence-electron chi connectivity index (χ2n) is 8.54. The predicted molar refractivity (Wildman–Crippen MR) is 108 cm³/mol. The van der Waals surface area contributed by atoms with Gasteiger partial charge in [0.05, 0.1) is 10.9 Å². The topological polar surface area (TPSA) is 90.8 Å². The fourth-order valence-corrected chi connectivity index (χ4v) is 6.04. The summed E-state index contributed by atoms with van der Waals surface area (Å²) >= 11 is 0. The first-order chi connectivity index (χ1) is 14.5. The Hall–Kier alpha value is -1.72. The molecule has 1 aromatic rings. The van der Waals surface area contributed by atoms with E-state index in [0.717, 1.165) is 64.1 Å². The maximum atomic E-state index is 12.4. The second-order valence-corrected chi connectivity index (χ2v) is 10.8. The van der Waals surface area contributed by atoms with Crippen LogP contribution in [-0.4, -0.2) is 71.3 Å². The van der Waals surface area contributed by atoms with Gasteiger partial charge in [-0.1, -0.05) is 6.07 Å². The van der Waals surface area contributed by atoms with Gasteiger partial charge in [0.15, 0.2) is 0 Å². The van der Waals surface area contributed by atoms with Gasteiger partial charge in [-0.3, -0.25) is 9.88 Å². The van der Waals surface area contributed by atoms with Crippen LogP contribution in [0.5, 0.6) is 0 Å². The summed E-state index contributed by atoms with van der Waals surface area (Å²) < 4.78 is 58.3. The van der Waals surface area contributed by atoms with E-state index in [1.54, 1.807) is 4.31 Å². The number of likely N-dealkylation sites (tertiary alicyclic amines) is 1. The maximum Gasteiger partial charge on any atom is 0.490 e. The highest BCUT2D eigenvalue weighted by Crippen LogP contribution is 2.43. The van der Waals surface area contributed by atoms with Crippen molar-refractivity contribution in [2.24, 2.45) is 5.41 Å². The summed E-state index contributed by atoms with van der Waals surface area (Å²) in [4.78, 5) is 15.8. The highest BCUT2D eigenvalue weighted by Gasteiger charge is 2.45. The molecule has 7 nitrogen and oxygen atoms in total. The Morgan fingerprint density at radius 3 is 2.10 bits per heavy atom. The number of nitrogens with zero attached hydrogens (tertiary/aromatic N) is 3. The molecule has 2 saturated heterocycles. The number of carbonyl (C=O) groups is 1. The lowest BCUT2D eigenvalue weighted by atomic mass is 9.71. The molecule has 1 saturated carbocycles. The first-order valence-electron chi connectivity index (χ1n) is 10.4. The van der Waals surface area contributed by atoms with E-state index in [1.165, 1.54) is 12.8 Å². The Morgan fingerprint density at radius 2 is 1.65 bits per heavy atom. The maximum absolute atomic E-state index is 12.4. The third-order valence-corrected chi connectivity index (χ3v) is 8.76. The first kappa shape index (κ1) is 23.9. The van der Waals surface area contributed by atoms with Crippen LogP contribution < -0.4 is 0 Å². The van der Waals surface area contributed by atoms with Crippen LogP contribution >= 0.6 is 0 Å². The lowest BCUT2D eigenvalue weighted by Gasteiger charge is -2.46. The average molecular weight is 464 g/mol. The van der Waals surface area contributed by atoms with Gasteiger partial charge in [-0.05, 0) is 69.2 Å². The molecule has 0 atom stereocenters. The van der Waals surface area contributed by atoms with Gasteiger partial charge in [-0.25, -0.2) is 17.5 Å². The Labute approximate surface area is 180 Å². The summed E-state index contributed by atoms with van der Waals surface area (Å²) in [5, 5.41) is 7.06. The smallest absolute Gasteiger partial charge is 0.475 e. The molecule has 11 heteroatoms. The highest BCUT2D eigenvalue weighted by molar-refractivity contribution is 7.90. The number of hydrogen-bond acceptors (Lipinski definition) is 5. The van der Waals surface area contributed by atoms with Gasteiger partial charge in [-0.2, -0.15) is 13.2 Å². The van der Waals surface area contributed by atoms with Gasteiger partial charge in [-0.15, -0.1) is 0 Å². The molecule has 4 rings (SSSR count). The molecule has 1 aliphatic carbocycles. The van der Waals surface area contributed by atoms with Crippen LogP contribution in [0.25, 0.3) is 0 Å². The molecule has 3 aliphatic rings. The second kappa shape index (κ2) is 9.41. The van der Waals surface area contributed by atoms with Crippen LogP contribution in [0.2, 0.25) is 0 Å². The summed E-state index contributed by atoms with van der Waals surface area (Å²) in [7, 11) is -2.98. The molecule has 0 radical (unpaired) electrons. The number of aromatic nitrogens is 1. The molecule has 2 aliphatic heterocycles. The summed E-state index contributed by atoms with van der Waals surface area (Å²) in [5.41, 5.74) is 1.51. The molecule has 0 unspecified atom stereocenters. The van der Waals surface area contributed by atoms with E-state index in [-0.39, 0.29) is 5.25 Å². The van der Waals surface area contributed by atoms with E-state index < -0.39 is 22.2 Å². The monoisotopic (exact) mass is 463 g/mol. The number of hydrogen-bond donors (Lipinski definition) is 1. The number of sulfonamides is 1. The van der Waals surface area contributed by atoms with Gasteiger partial charge >= 0.3 is 12.1 Å². The Bertz CT molecular complexity index is 842. The molecule has 1 spiro atoms. The molecule has 0 bridgehead atoms. The Balaban J connectivity index is 0.000000339. The quantitative estimate of drug-likeness (QED) is 0.739. The number of halogens is 3. The average Bonchev–Trinajstić information content (AvgIpc) is 3.57. The number of carboxylic acids is 1. The van der Waals surface area contributed by atoms with Crippen molar-refractivity contribution in [2.45, 2.75) is 56.5 Å². The van der Waals surface area contributed by atoms with Crippen molar-refractivity contribution in [3.05, 3.63) is 30.1 Å². The molecule has 31 heavy (non-hydrogen) atoms. The van der Waals surface area contributed by atoms with Crippen molar-refractivity contribution in [1.82, 2.24) is 14.2 Å². The minimum Gasteiger partial charge on any atom is -0.475 e. The Morgan fingerprint density at radius 1 is 1.10 bits per heavy atom. The van der Waals surface area contributed by atoms with Crippen molar-refractivity contribution in [2.75, 3.05) is 26.2 Å². The molecule has 0 aromatic carbocycles. The summed E-state index contributed by atoms with van der Waals surface area (Å²) in [6.45, 7) is 4.61. The van der Waals surface area contributed by atoms with E-state index in [4.69, 9.17) is 9.90 Å². The van der Waals surface area contributed by atoms with Crippen LogP contribution in [-0.2, 0) is 21.4 Å². The number of pyridine rings is 1. The van der Waals surface area contributed by atoms with Crippen molar-refractivity contribution >= 4 is 16.0 Å².